The number of likely N-dealkylation sites (tertiary alicyclic amines) is 1. The lowest BCUT2D eigenvalue weighted by Crippen LogP contribution is -2.42. The first-order chi connectivity index (χ1) is 15.0. The van der Waals surface area contributed by atoms with Gasteiger partial charge in [0.1, 0.15) is 23.7 Å². The van der Waals surface area contributed by atoms with Gasteiger partial charge >= 0.3 is 6.09 Å². The van der Waals surface area contributed by atoms with Gasteiger partial charge in [-0.05, 0) is 74.8 Å². The predicted octanol–water partition coefficient (Wildman–Crippen LogP) is 4.72. The third kappa shape index (κ3) is 4.70. The Labute approximate surface area is 187 Å². The van der Waals surface area contributed by atoms with Crippen LogP contribution in [0.15, 0.2) is 48.5 Å². The Bertz CT molecular complexity index is 941. The van der Waals surface area contributed by atoms with E-state index in [1.165, 1.54) is 0 Å². The average molecular weight is 443 g/mol. The summed E-state index contributed by atoms with van der Waals surface area (Å²) in [7, 11) is 1.63. The van der Waals surface area contributed by atoms with Crippen LogP contribution in [-0.2, 0) is 9.53 Å². The highest BCUT2D eigenvalue weighted by atomic mass is 35.5. The van der Waals surface area contributed by atoms with E-state index < -0.39 is 0 Å². The molecule has 2 aromatic carbocycles. The molecule has 2 heterocycles. The van der Waals surface area contributed by atoms with E-state index in [2.05, 4.69) is 4.90 Å². The number of anilines is 1. The second-order valence-corrected chi connectivity index (χ2v) is 8.61. The Hall–Kier alpha value is -2.57. The zero-order valence-corrected chi connectivity index (χ0v) is 18.5. The molecule has 2 saturated heterocycles. The van der Waals surface area contributed by atoms with Crippen molar-refractivity contribution in [1.29, 1.82) is 0 Å². The SMILES string of the molecule is COc1cccc([C@H]2[C@H](CN3CCC(C(C)=O)CC3)OC(=O)N2c2ccc(Cl)cc2)c1. The highest BCUT2D eigenvalue weighted by Crippen LogP contribution is 2.39. The van der Waals surface area contributed by atoms with Crippen molar-refractivity contribution >= 4 is 29.2 Å². The molecule has 0 N–H and O–H groups in total. The van der Waals surface area contributed by atoms with Gasteiger partial charge in [-0.15, -0.1) is 0 Å². The number of benzene rings is 2. The lowest BCUT2D eigenvalue weighted by molar-refractivity contribution is -0.122. The Balaban J connectivity index is 1.61. The van der Waals surface area contributed by atoms with E-state index in [-0.39, 0.29) is 29.9 Å². The number of cyclic esters (lactones) is 1. The number of ether oxygens (including phenoxy) is 2. The number of hydrogen-bond donors (Lipinski definition) is 0. The van der Waals surface area contributed by atoms with Crippen LogP contribution in [0.25, 0.3) is 0 Å². The van der Waals surface area contributed by atoms with Gasteiger partial charge in [-0.1, -0.05) is 23.7 Å². The summed E-state index contributed by atoms with van der Waals surface area (Å²) in [5.41, 5.74) is 1.68. The first-order valence-electron chi connectivity index (χ1n) is 10.6. The Kier molecular flexibility index (Phi) is 6.49. The summed E-state index contributed by atoms with van der Waals surface area (Å²) in [4.78, 5) is 28.6. The van der Waals surface area contributed by atoms with Crippen molar-refractivity contribution in [2.45, 2.75) is 31.9 Å². The molecule has 7 heteroatoms. The van der Waals surface area contributed by atoms with E-state index in [4.69, 9.17) is 21.1 Å². The van der Waals surface area contributed by atoms with Crippen molar-refractivity contribution in [2.24, 2.45) is 5.92 Å². The number of halogens is 1. The molecule has 0 radical (unpaired) electrons. The number of rotatable bonds is 6. The second-order valence-electron chi connectivity index (χ2n) is 8.18. The van der Waals surface area contributed by atoms with E-state index >= 15 is 0 Å². The maximum atomic E-state index is 13.0. The maximum absolute atomic E-state index is 13.0. The first kappa shape index (κ1) is 21.7. The number of Topliss-reactive ketones (excluding diaryl/α,β-unsaturated/α-hetero) is 1. The van der Waals surface area contributed by atoms with Gasteiger partial charge in [0.25, 0.3) is 0 Å². The van der Waals surface area contributed by atoms with Crippen LogP contribution in [0, 0.1) is 5.92 Å². The lowest BCUT2D eigenvalue weighted by Gasteiger charge is -2.33. The topological polar surface area (TPSA) is 59.1 Å². The standard InChI is InChI=1S/C24H27ClN2O4/c1-16(28)17-10-12-26(13-11-17)15-22-23(18-4-3-5-21(14-18)30-2)27(24(29)31-22)20-8-6-19(25)7-9-20/h3-9,14,17,22-23H,10-13,15H2,1-2H3/t22-,23-/m0/s1. The van der Waals surface area contributed by atoms with Gasteiger partial charge < -0.3 is 9.47 Å². The van der Waals surface area contributed by atoms with Crippen LogP contribution in [-0.4, -0.2) is 49.6 Å². The maximum Gasteiger partial charge on any atom is 0.415 e. The number of methoxy groups -OCH3 is 1. The van der Waals surface area contributed by atoms with Crippen LogP contribution in [0.2, 0.25) is 5.02 Å². The first-order valence-corrected chi connectivity index (χ1v) is 11.0. The summed E-state index contributed by atoms with van der Waals surface area (Å²) < 4.78 is 11.3. The highest BCUT2D eigenvalue weighted by molar-refractivity contribution is 6.30. The number of amides is 1. The summed E-state index contributed by atoms with van der Waals surface area (Å²) in [6.07, 6.45) is 0.976. The normalized spacial score (nSPS) is 22.4. The van der Waals surface area contributed by atoms with Crippen LogP contribution in [0.1, 0.15) is 31.4 Å². The molecular weight excluding hydrogens is 416 g/mol. The Morgan fingerprint density at radius 2 is 1.87 bits per heavy atom. The van der Waals surface area contributed by atoms with E-state index in [0.29, 0.717) is 11.6 Å². The van der Waals surface area contributed by atoms with Crippen LogP contribution in [0.5, 0.6) is 5.75 Å². The Morgan fingerprint density at radius 3 is 2.52 bits per heavy atom. The molecule has 0 unspecified atom stereocenters. The van der Waals surface area contributed by atoms with Crippen LogP contribution in [0.4, 0.5) is 10.5 Å². The van der Waals surface area contributed by atoms with Gasteiger partial charge in [0.15, 0.2) is 0 Å². The molecule has 0 aliphatic carbocycles. The lowest BCUT2D eigenvalue weighted by atomic mass is 9.92. The number of hydrogen-bond acceptors (Lipinski definition) is 5. The third-order valence-corrected chi connectivity index (χ3v) is 6.47. The van der Waals surface area contributed by atoms with Gasteiger partial charge in [0, 0.05) is 23.2 Å². The molecule has 6 nitrogen and oxygen atoms in total. The molecule has 4 rings (SSSR count). The van der Waals surface area contributed by atoms with Crippen molar-refractivity contribution < 1.29 is 19.1 Å². The zero-order valence-electron chi connectivity index (χ0n) is 17.8. The van der Waals surface area contributed by atoms with Gasteiger partial charge in [-0.25, -0.2) is 4.79 Å². The summed E-state index contributed by atoms with van der Waals surface area (Å²) >= 11 is 6.06. The van der Waals surface area contributed by atoms with Gasteiger partial charge in [0.05, 0.1) is 7.11 Å². The van der Waals surface area contributed by atoms with E-state index in [1.807, 2.05) is 36.4 Å². The molecule has 0 bridgehead atoms. The molecule has 0 saturated carbocycles. The highest BCUT2D eigenvalue weighted by Gasteiger charge is 2.44. The molecular formula is C24H27ClN2O4. The van der Waals surface area contributed by atoms with E-state index in [0.717, 1.165) is 42.9 Å². The predicted molar refractivity (Wildman–Crippen MR) is 120 cm³/mol. The third-order valence-electron chi connectivity index (χ3n) is 6.22. The minimum atomic E-state index is -0.376. The van der Waals surface area contributed by atoms with Crippen molar-refractivity contribution in [3.05, 3.63) is 59.1 Å². The minimum absolute atomic E-state index is 0.141. The molecule has 2 aromatic rings. The fourth-order valence-corrected chi connectivity index (χ4v) is 4.63. The molecule has 2 fully saturated rings. The number of carbonyl (C=O) groups excluding carboxylic acids is 2. The summed E-state index contributed by atoms with van der Waals surface area (Å²) in [6, 6.07) is 14.7. The van der Waals surface area contributed by atoms with Gasteiger partial charge in [-0.2, -0.15) is 0 Å². The number of piperidine rings is 1. The summed E-state index contributed by atoms with van der Waals surface area (Å²) in [5, 5.41) is 0.610. The van der Waals surface area contributed by atoms with Crippen molar-refractivity contribution in [2.75, 3.05) is 31.6 Å². The summed E-state index contributed by atoms with van der Waals surface area (Å²) in [5.74, 6) is 1.13. The smallest absolute Gasteiger partial charge is 0.415 e. The van der Waals surface area contributed by atoms with E-state index in [1.54, 1.807) is 31.1 Å². The molecule has 1 amide bonds. The number of nitrogens with zero attached hydrogens (tertiary/aromatic N) is 2. The molecule has 31 heavy (non-hydrogen) atoms. The fraction of sp³-hybridized carbons (Fsp3) is 0.417. The molecule has 2 atom stereocenters. The minimum Gasteiger partial charge on any atom is -0.497 e. The quantitative estimate of drug-likeness (QED) is 0.648. The molecule has 164 valence electrons. The Morgan fingerprint density at radius 1 is 1.16 bits per heavy atom. The van der Waals surface area contributed by atoms with Crippen LogP contribution in [0.3, 0.4) is 0 Å². The molecule has 0 aromatic heterocycles. The number of carbonyl (C=O) groups is 2. The zero-order chi connectivity index (χ0) is 22.0. The summed E-state index contributed by atoms with van der Waals surface area (Å²) in [6.45, 7) is 3.93. The van der Waals surface area contributed by atoms with Gasteiger partial charge in [0.2, 0.25) is 0 Å². The van der Waals surface area contributed by atoms with Crippen molar-refractivity contribution in [3.8, 4) is 5.75 Å². The monoisotopic (exact) mass is 442 g/mol. The van der Waals surface area contributed by atoms with Crippen molar-refractivity contribution in [1.82, 2.24) is 4.90 Å². The average Bonchev–Trinajstić information content (AvgIpc) is 3.10. The molecule has 2 aliphatic rings. The van der Waals surface area contributed by atoms with E-state index in [9.17, 15) is 9.59 Å². The molecule has 0 spiro atoms. The van der Waals surface area contributed by atoms with Gasteiger partial charge in [-0.3, -0.25) is 14.6 Å². The number of ketones is 1. The fourth-order valence-electron chi connectivity index (χ4n) is 4.50. The largest absolute Gasteiger partial charge is 0.497 e. The second kappa shape index (κ2) is 9.28. The van der Waals surface area contributed by atoms with Crippen LogP contribution < -0.4 is 9.64 Å². The van der Waals surface area contributed by atoms with Crippen molar-refractivity contribution in [3.63, 3.8) is 0 Å². The van der Waals surface area contributed by atoms with Crippen LogP contribution >= 0.6 is 11.6 Å². The molecule has 2 aliphatic heterocycles.